The van der Waals surface area contributed by atoms with Crippen molar-refractivity contribution in [3.63, 3.8) is 0 Å². The van der Waals surface area contributed by atoms with Crippen LogP contribution >= 0.6 is 0 Å². The molecule has 0 bridgehead atoms. The van der Waals surface area contributed by atoms with Gasteiger partial charge in [0.1, 0.15) is 0 Å². The van der Waals surface area contributed by atoms with Crippen molar-refractivity contribution in [1.29, 1.82) is 0 Å². The molecule has 0 saturated heterocycles. The van der Waals surface area contributed by atoms with Crippen molar-refractivity contribution >= 4 is 26.5 Å². The van der Waals surface area contributed by atoms with Gasteiger partial charge in [-0.25, -0.2) is 8.42 Å². The number of fused-ring (bicyclic) bond motifs is 2. The highest BCUT2D eigenvalue weighted by Crippen LogP contribution is 2.28. The monoisotopic (exact) mass is 366 g/mol. The van der Waals surface area contributed by atoms with Crippen molar-refractivity contribution in [2.24, 2.45) is 11.7 Å². The Bertz CT molecular complexity index is 1060. The number of sulfonamides is 1. The fraction of sp³-hybridized carbons (Fsp3) is 0.238. The first kappa shape index (κ1) is 17.1. The lowest BCUT2D eigenvalue weighted by molar-refractivity contribution is 0.469. The lowest BCUT2D eigenvalue weighted by Gasteiger charge is -2.24. The molecule has 26 heavy (non-hydrogen) atoms. The van der Waals surface area contributed by atoms with Gasteiger partial charge in [0, 0.05) is 5.69 Å². The SMILES string of the molecule is NCC1CCc2cc(NS(=O)(=O)c3ccc4ccccc4c3)ccc2C1. The van der Waals surface area contributed by atoms with Crippen LogP contribution in [0.4, 0.5) is 5.69 Å². The van der Waals surface area contributed by atoms with E-state index in [1.165, 1.54) is 11.1 Å². The van der Waals surface area contributed by atoms with Crippen LogP contribution in [0.1, 0.15) is 17.5 Å². The zero-order chi connectivity index (χ0) is 18.1. The van der Waals surface area contributed by atoms with Crippen LogP contribution in [0.15, 0.2) is 65.6 Å². The number of rotatable bonds is 4. The van der Waals surface area contributed by atoms with Crippen molar-refractivity contribution in [2.45, 2.75) is 24.2 Å². The smallest absolute Gasteiger partial charge is 0.261 e. The van der Waals surface area contributed by atoms with Gasteiger partial charge in [0.05, 0.1) is 4.90 Å². The molecule has 0 spiro atoms. The summed E-state index contributed by atoms with van der Waals surface area (Å²) in [6.07, 6.45) is 2.98. The molecule has 0 saturated carbocycles. The first-order valence-corrected chi connectivity index (χ1v) is 10.4. The van der Waals surface area contributed by atoms with Crippen molar-refractivity contribution in [3.8, 4) is 0 Å². The molecule has 1 unspecified atom stereocenters. The highest BCUT2D eigenvalue weighted by Gasteiger charge is 2.19. The van der Waals surface area contributed by atoms with Gasteiger partial charge >= 0.3 is 0 Å². The molecule has 4 nitrogen and oxygen atoms in total. The maximum Gasteiger partial charge on any atom is 0.261 e. The van der Waals surface area contributed by atoms with Gasteiger partial charge in [0.25, 0.3) is 10.0 Å². The van der Waals surface area contributed by atoms with Gasteiger partial charge in [0.2, 0.25) is 0 Å². The van der Waals surface area contributed by atoms with E-state index >= 15 is 0 Å². The Labute approximate surface area is 154 Å². The molecular formula is C21H22N2O2S. The lowest BCUT2D eigenvalue weighted by Crippen LogP contribution is -2.22. The molecule has 1 atom stereocenters. The van der Waals surface area contributed by atoms with E-state index in [1.54, 1.807) is 12.1 Å². The van der Waals surface area contributed by atoms with Crippen molar-refractivity contribution in [3.05, 3.63) is 71.8 Å². The molecule has 0 heterocycles. The van der Waals surface area contributed by atoms with Crippen LogP contribution < -0.4 is 10.5 Å². The molecule has 0 fully saturated rings. The van der Waals surface area contributed by atoms with Gasteiger partial charge in [-0.05, 0) is 77.9 Å². The highest BCUT2D eigenvalue weighted by atomic mass is 32.2. The Balaban J connectivity index is 1.61. The second-order valence-electron chi connectivity index (χ2n) is 6.94. The van der Waals surface area contributed by atoms with Crippen molar-refractivity contribution < 1.29 is 8.42 Å². The van der Waals surface area contributed by atoms with Gasteiger partial charge in [-0.1, -0.05) is 36.4 Å². The molecule has 0 aromatic heterocycles. The maximum absolute atomic E-state index is 12.8. The number of aryl methyl sites for hydroxylation is 1. The molecular weight excluding hydrogens is 344 g/mol. The minimum atomic E-state index is -3.62. The molecule has 5 heteroatoms. The Morgan fingerprint density at radius 1 is 0.962 bits per heavy atom. The van der Waals surface area contributed by atoms with E-state index in [0.29, 0.717) is 18.2 Å². The van der Waals surface area contributed by atoms with E-state index in [9.17, 15) is 8.42 Å². The summed E-state index contributed by atoms with van der Waals surface area (Å²) in [5.74, 6) is 0.530. The Hall–Kier alpha value is -2.37. The van der Waals surface area contributed by atoms with E-state index < -0.39 is 10.0 Å². The maximum atomic E-state index is 12.8. The molecule has 0 amide bonds. The first-order chi connectivity index (χ1) is 12.5. The summed E-state index contributed by atoms with van der Waals surface area (Å²) in [4.78, 5) is 0.275. The van der Waals surface area contributed by atoms with Crippen LogP contribution in [0.25, 0.3) is 10.8 Å². The minimum absolute atomic E-state index is 0.275. The fourth-order valence-corrected chi connectivity index (χ4v) is 4.73. The predicted octanol–water partition coefficient (Wildman–Crippen LogP) is 3.70. The summed E-state index contributed by atoms with van der Waals surface area (Å²) in [7, 11) is -3.62. The number of anilines is 1. The standard InChI is InChI=1S/C21H22N2O2S/c22-14-15-5-6-19-12-20(9-7-18(19)11-15)23-26(24,25)21-10-8-16-3-1-2-4-17(16)13-21/h1-4,7-10,12-13,15,23H,5-6,11,14,22H2. The van der Waals surface area contributed by atoms with Crippen LogP contribution in [0.2, 0.25) is 0 Å². The second kappa shape index (κ2) is 6.74. The Morgan fingerprint density at radius 2 is 1.77 bits per heavy atom. The molecule has 1 aliphatic carbocycles. The van der Waals surface area contributed by atoms with Crippen molar-refractivity contribution in [2.75, 3.05) is 11.3 Å². The molecule has 0 aliphatic heterocycles. The Kier molecular flexibility index (Phi) is 4.42. The van der Waals surface area contributed by atoms with E-state index in [4.69, 9.17) is 5.73 Å². The lowest BCUT2D eigenvalue weighted by atomic mass is 9.84. The number of benzene rings is 3. The minimum Gasteiger partial charge on any atom is -0.330 e. The number of hydrogen-bond acceptors (Lipinski definition) is 3. The molecule has 3 aromatic rings. The summed E-state index contributed by atoms with van der Waals surface area (Å²) in [6.45, 7) is 0.704. The van der Waals surface area contributed by atoms with Gasteiger partial charge in [-0.3, -0.25) is 4.72 Å². The highest BCUT2D eigenvalue weighted by molar-refractivity contribution is 7.92. The third kappa shape index (κ3) is 3.32. The van der Waals surface area contributed by atoms with E-state index in [-0.39, 0.29) is 4.90 Å². The number of nitrogens with two attached hydrogens (primary N) is 1. The number of nitrogens with one attached hydrogen (secondary N) is 1. The third-order valence-corrected chi connectivity index (χ3v) is 6.53. The average Bonchev–Trinajstić information content (AvgIpc) is 2.67. The molecule has 4 rings (SSSR count). The van der Waals surface area contributed by atoms with Crippen molar-refractivity contribution in [1.82, 2.24) is 0 Å². The summed E-state index contributed by atoms with van der Waals surface area (Å²) in [5, 5.41) is 1.93. The van der Waals surface area contributed by atoms with E-state index in [2.05, 4.69) is 4.72 Å². The predicted molar refractivity (Wildman–Crippen MR) is 106 cm³/mol. The molecule has 0 radical (unpaired) electrons. The van der Waals surface area contributed by atoms with Gasteiger partial charge < -0.3 is 5.73 Å². The quantitative estimate of drug-likeness (QED) is 0.739. The average molecular weight is 366 g/mol. The van der Waals surface area contributed by atoms with E-state index in [1.807, 2.05) is 48.5 Å². The summed E-state index contributed by atoms with van der Waals surface area (Å²) in [6, 6.07) is 18.8. The van der Waals surface area contributed by atoms with Gasteiger partial charge in [-0.15, -0.1) is 0 Å². The largest absolute Gasteiger partial charge is 0.330 e. The van der Waals surface area contributed by atoms with Crippen LogP contribution in [-0.4, -0.2) is 15.0 Å². The van der Waals surface area contributed by atoms with Crippen LogP contribution in [0.3, 0.4) is 0 Å². The topological polar surface area (TPSA) is 72.2 Å². The van der Waals surface area contributed by atoms with Crippen LogP contribution in [0, 0.1) is 5.92 Å². The summed E-state index contributed by atoms with van der Waals surface area (Å²) >= 11 is 0. The van der Waals surface area contributed by atoms with Gasteiger partial charge in [0.15, 0.2) is 0 Å². The first-order valence-electron chi connectivity index (χ1n) is 8.89. The van der Waals surface area contributed by atoms with Crippen LogP contribution in [0.5, 0.6) is 0 Å². The normalized spacial score (nSPS) is 17.0. The van der Waals surface area contributed by atoms with Crippen LogP contribution in [-0.2, 0) is 22.9 Å². The van der Waals surface area contributed by atoms with E-state index in [0.717, 1.165) is 30.0 Å². The molecule has 3 N–H and O–H groups in total. The Morgan fingerprint density at radius 3 is 2.58 bits per heavy atom. The number of hydrogen-bond donors (Lipinski definition) is 2. The zero-order valence-corrected chi connectivity index (χ0v) is 15.3. The molecule has 3 aromatic carbocycles. The molecule has 1 aliphatic rings. The van der Waals surface area contributed by atoms with Gasteiger partial charge in [-0.2, -0.15) is 0 Å². The third-order valence-electron chi connectivity index (χ3n) is 5.15. The summed E-state index contributed by atoms with van der Waals surface area (Å²) < 4.78 is 28.3. The second-order valence-corrected chi connectivity index (χ2v) is 8.62. The molecule has 134 valence electrons. The zero-order valence-electron chi connectivity index (χ0n) is 14.5. The summed E-state index contributed by atoms with van der Waals surface area (Å²) in [5.41, 5.74) is 8.89. The fourth-order valence-electron chi connectivity index (χ4n) is 3.64.